The fraction of sp³-hybridized carbons (Fsp3) is 0.500. The van der Waals surface area contributed by atoms with E-state index >= 15 is 0 Å². The van der Waals surface area contributed by atoms with Crippen LogP contribution in [0.25, 0.3) is 0 Å². The van der Waals surface area contributed by atoms with E-state index in [1.165, 1.54) is 7.11 Å². The summed E-state index contributed by atoms with van der Waals surface area (Å²) in [6, 6.07) is 4.44. The zero-order chi connectivity index (χ0) is 19.2. The van der Waals surface area contributed by atoms with Crippen LogP contribution < -0.4 is 10.1 Å². The number of ether oxygens (including phenoxy) is 2. The molecule has 0 spiro atoms. The minimum absolute atomic E-state index is 0.120. The maximum atomic E-state index is 12.8. The van der Waals surface area contributed by atoms with Crippen LogP contribution in [0.2, 0.25) is 5.02 Å². The smallest absolute Gasteiger partial charge is 0.328 e. The number of carbonyl (C=O) groups is 2. The second-order valence-electron chi connectivity index (χ2n) is 6.82. The first-order valence-electron chi connectivity index (χ1n) is 9.27. The average molecular weight is 393 g/mol. The zero-order valence-corrected chi connectivity index (χ0v) is 16.2. The summed E-state index contributed by atoms with van der Waals surface area (Å²) in [5.41, 5.74) is 0.828. The van der Waals surface area contributed by atoms with Crippen LogP contribution >= 0.6 is 11.6 Å². The second-order valence-corrected chi connectivity index (χ2v) is 7.23. The van der Waals surface area contributed by atoms with Gasteiger partial charge in [-0.15, -0.1) is 0 Å². The number of fused-ring (bicyclic) bond motifs is 9. The van der Waals surface area contributed by atoms with E-state index in [1.807, 2.05) is 12.1 Å². The number of hydrogen-bond acceptors (Lipinski definition) is 5. The summed E-state index contributed by atoms with van der Waals surface area (Å²) >= 11 is 6.30. The molecule has 0 aliphatic carbocycles. The van der Waals surface area contributed by atoms with Crippen molar-refractivity contribution in [3.05, 3.63) is 40.9 Å². The summed E-state index contributed by atoms with van der Waals surface area (Å²) in [5.74, 6) is 0.00819. The molecule has 3 heterocycles. The van der Waals surface area contributed by atoms with Crippen molar-refractivity contribution in [1.29, 1.82) is 0 Å². The van der Waals surface area contributed by atoms with Crippen molar-refractivity contribution in [1.82, 2.24) is 10.2 Å². The van der Waals surface area contributed by atoms with E-state index in [9.17, 15) is 9.59 Å². The summed E-state index contributed by atoms with van der Waals surface area (Å²) in [4.78, 5) is 27.2. The highest BCUT2D eigenvalue weighted by molar-refractivity contribution is 6.32. The van der Waals surface area contributed by atoms with Gasteiger partial charge in [-0.2, -0.15) is 0 Å². The van der Waals surface area contributed by atoms with E-state index < -0.39 is 12.0 Å². The molecule has 0 saturated carbocycles. The molecule has 7 heteroatoms. The first kappa shape index (κ1) is 19.7. The van der Waals surface area contributed by atoms with Gasteiger partial charge in [0.15, 0.2) is 0 Å². The maximum absolute atomic E-state index is 12.8. The Morgan fingerprint density at radius 3 is 2.96 bits per heavy atom. The normalized spacial score (nSPS) is 25.3. The Hall–Kier alpha value is -2.05. The van der Waals surface area contributed by atoms with Crippen molar-refractivity contribution in [2.75, 3.05) is 26.8 Å². The predicted molar refractivity (Wildman–Crippen MR) is 103 cm³/mol. The van der Waals surface area contributed by atoms with Gasteiger partial charge < -0.3 is 14.8 Å². The topological polar surface area (TPSA) is 67.9 Å². The number of amides is 1. The molecule has 2 atom stereocenters. The molecular weight excluding hydrogens is 368 g/mol. The molecule has 4 rings (SSSR count). The Balaban J connectivity index is 1.85. The maximum Gasteiger partial charge on any atom is 0.328 e. The molecular formula is C20H25ClN2O4. The molecule has 1 aromatic rings. The van der Waals surface area contributed by atoms with E-state index in [1.54, 1.807) is 12.1 Å². The van der Waals surface area contributed by atoms with Crippen LogP contribution in [0.15, 0.2) is 30.4 Å². The first-order valence-corrected chi connectivity index (χ1v) is 9.64. The molecule has 2 bridgehead atoms. The van der Waals surface area contributed by atoms with Crippen molar-refractivity contribution in [2.45, 2.75) is 37.8 Å². The third kappa shape index (κ3) is 5.02. The Labute approximate surface area is 164 Å². The summed E-state index contributed by atoms with van der Waals surface area (Å²) in [5, 5.41) is 3.36. The van der Waals surface area contributed by atoms with Crippen LogP contribution in [0.5, 0.6) is 5.75 Å². The van der Waals surface area contributed by atoms with Gasteiger partial charge in [-0.3, -0.25) is 9.69 Å². The van der Waals surface area contributed by atoms with Gasteiger partial charge in [-0.1, -0.05) is 29.8 Å². The van der Waals surface area contributed by atoms with Gasteiger partial charge in [0.2, 0.25) is 5.91 Å². The number of halogens is 1. The Kier molecular flexibility index (Phi) is 6.74. The number of benzene rings is 1. The van der Waals surface area contributed by atoms with Crippen molar-refractivity contribution < 1.29 is 19.1 Å². The van der Waals surface area contributed by atoms with Crippen molar-refractivity contribution in [3.8, 4) is 5.75 Å². The van der Waals surface area contributed by atoms with Crippen molar-refractivity contribution >= 4 is 23.5 Å². The lowest BCUT2D eigenvalue weighted by atomic mass is 10.0. The first-order chi connectivity index (χ1) is 13.1. The lowest BCUT2D eigenvalue weighted by Gasteiger charge is -2.25. The van der Waals surface area contributed by atoms with Gasteiger partial charge in [0, 0.05) is 13.0 Å². The Morgan fingerprint density at radius 2 is 2.19 bits per heavy atom. The van der Waals surface area contributed by atoms with E-state index in [-0.39, 0.29) is 11.9 Å². The number of esters is 1. The average Bonchev–Trinajstić information content (AvgIpc) is 3.12. The van der Waals surface area contributed by atoms with Crippen molar-refractivity contribution in [3.63, 3.8) is 0 Å². The number of nitrogens with zero attached hydrogens (tertiary/aromatic N) is 1. The van der Waals surface area contributed by atoms with Crippen LogP contribution in [0.3, 0.4) is 0 Å². The molecule has 3 aliphatic rings. The van der Waals surface area contributed by atoms with E-state index in [2.05, 4.69) is 16.3 Å². The monoisotopic (exact) mass is 392 g/mol. The number of nitrogens with one attached hydrogen (secondary N) is 1. The summed E-state index contributed by atoms with van der Waals surface area (Å²) in [7, 11) is 1.33. The molecule has 146 valence electrons. The van der Waals surface area contributed by atoms with Crippen LogP contribution in [-0.4, -0.2) is 55.7 Å². The predicted octanol–water partition coefficient (Wildman–Crippen LogP) is 2.34. The van der Waals surface area contributed by atoms with Gasteiger partial charge in [-0.25, -0.2) is 4.79 Å². The highest BCUT2D eigenvalue weighted by Gasteiger charge is 2.33. The highest BCUT2D eigenvalue weighted by Crippen LogP contribution is 2.26. The quantitative estimate of drug-likeness (QED) is 0.587. The summed E-state index contributed by atoms with van der Waals surface area (Å²) in [6.45, 7) is 2.13. The number of methoxy groups -OCH3 is 1. The molecule has 1 saturated heterocycles. The molecule has 0 radical (unpaired) electrons. The van der Waals surface area contributed by atoms with Gasteiger partial charge in [0.05, 0.1) is 18.2 Å². The molecule has 27 heavy (non-hydrogen) atoms. The minimum Gasteiger partial charge on any atom is -0.488 e. The van der Waals surface area contributed by atoms with Gasteiger partial charge in [-0.05, 0) is 43.5 Å². The molecule has 1 unspecified atom stereocenters. The van der Waals surface area contributed by atoms with Gasteiger partial charge >= 0.3 is 5.97 Å². The zero-order valence-electron chi connectivity index (χ0n) is 15.4. The second kappa shape index (κ2) is 9.24. The molecule has 3 aliphatic heterocycles. The Bertz CT molecular complexity index is 722. The SMILES string of the molecule is COC(=O)[C@@H]1Cc2ccc(c(Cl)c2)OC/C=C\CCN2CCCC2C(=O)N1. The molecule has 1 amide bonds. The molecule has 6 nitrogen and oxygen atoms in total. The highest BCUT2D eigenvalue weighted by atomic mass is 35.5. The van der Waals surface area contributed by atoms with Crippen molar-refractivity contribution in [2.24, 2.45) is 0 Å². The van der Waals surface area contributed by atoms with E-state index in [0.717, 1.165) is 37.9 Å². The lowest BCUT2D eigenvalue weighted by molar-refractivity contribution is -0.145. The minimum atomic E-state index is -0.749. The standard InChI is InChI=1S/C20H25ClN2O4/c1-26-20(25)16-13-14-7-8-18(15(21)12-14)27-11-4-2-3-9-23-10-5-6-17(23)19(24)22-16/h2,4,7-8,12,16-17H,3,5-6,9-11,13H2,1H3,(H,22,24)/b4-2-/t16-,17?/m0/s1. The summed E-state index contributed by atoms with van der Waals surface area (Å²) < 4.78 is 10.6. The van der Waals surface area contributed by atoms with Gasteiger partial charge in [0.1, 0.15) is 18.4 Å². The largest absolute Gasteiger partial charge is 0.488 e. The van der Waals surface area contributed by atoms with Gasteiger partial charge in [0.25, 0.3) is 0 Å². The van der Waals surface area contributed by atoms with Crippen LogP contribution in [0.1, 0.15) is 24.8 Å². The summed E-state index contributed by atoms with van der Waals surface area (Å²) in [6.07, 6.45) is 6.94. The van der Waals surface area contributed by atoms with E-state index in [0.29, 0.717) is 23.8 Å². The molecule has 0 aromatic heterocycles. The number of carbonyl (C=O) groups excluding carboxylic acids is 2. The molecule has 1 N–H and O–H groups in total. The number of hydrogen-bond donors (Lipinski definition) is 1. The third-order valence-electron chi connectivity index (χ3n) is 4.99. The lowest BCUT2D eigenvalue weighted by Crippen LogP contribution is -2.50. The van der Waals surface area contributed by atoms with Crippen LogP contribution in [-0.2, 0) is 20.7 Å². The van der Waals surface area contributed by atoms with E-state index in [4.69, 9.17) is 21.1 Å². The molecule has 1 fully saturated rings. The Morgan fingerprint density at radius 1 is 1.33 bits per heavy atom. The fourth-order valence-corrected chi connectivity index (χ4v) is 3.84. The van der Waals surface area contributed by atoms with Crippen LogP contribution in [0, 0.1) is 0 Å². The molecule has 1 aromatic carbocycles. The fourth-order valence-electron chi connectivity index (χ4n) is 3.58. The van der Waals surface area contributed by atoms with Crippen LogP contribution in [0.4, 0.5) is 0 Å². The third-order valence-corrected chi connectivity index (χ3v) is 5.28. The number of rotatable bonds is 1.